The van der Waals surface area contributed by atoms with Crippen LogP contribution in [0.3, 0.4) is 0 Å². The van der Waals surface area contributed by atoms with Crippen molar-refractivity contribution in [3.05, 3.63) is 87.7 Å². The molecule has 0 amide bonds. The summed E-state index contributed by atoms with van der Waals surface area (Å²) < 4.78 is 7.16. The maximum Gasteiger partial charge on any atom is 0.338 e. The smallest absolute Gasteiger partial charge is 0.338 e. The van der Waals surface area contributed by atoms with Gasteiger partial charge in [0.15, 0.2) is 0 Å². The number of carbonyl (C=O) groups is 1. The van der Waals surface area contributed by atoms with Gasteiger partial charge in [0.25, 0.3) is 0 Å². The predicted octanol–water partition coefficient (Wildman–Crippen LogP) is 5.99. The van der Waals surface area contributed by atoms with Gasteiger partial charge in [-0.1, -0.05) is 29.8 Å². The number of esters is 1. The van der Waals surface area contributed by atoms with Crippen molar-refractivity contribution in [3.63, 3.8) is 0 Å². The van der Waals surface area contributed by atoms with Crippen LogP contribution in [-0.2, 0) is 4.74 Å². The minimum Gasteiger partial charge on any atom is -0.462 e. The number of hydrogen-bond donors (Lipinski definition) is 0. The molecule has 0 radical (unpaired) electrons. The molecular weight excluding hydrogens is 384 g/mol. The Morgan fingerprint density at radius 3 is 2.55 bits per heavy atom. The molecule has 29 heavy (non-hydrogen) atoms. The molecule has 0 spiro atoms. The fraction of sp³-hybridized carbons (Fsp3) is 0.167. The van der Waals surface area contributed by atoms with Crippen LogP contribution >= 0.6 is 11.6 Å². The van der Waals surface area contributed by atoms with Crippen LogP contribution in [0.5, 0.6) is 0 Å². The number of aryl methyl sites for hydroxylation is 1. The van der Waals surface area contributed by atoms with E-state index in [9.17, 15) is 10.1 Å². The van der Waals surface area contributed by atoms with E-state index in [1.807, 2.05) is 56.3 Å². The molecule has 0 saturated carbocycles. The first kappa shape index (κ1) is 20.4. The van der Waals surface area contributed by atoms with Crippen LogP contribution in [0.4, 0.5) is 0 Å². The summed E-state index contributed by atoms with van der Waals surface area (Å²) in [4.78, 5) is 12.1. The lowest BCUT2D eigenvalue weighted by Gasteiger charge is -2.11. The second-order valence-corrected chi connectivity index (χ2v) is 7.05. The fourth-order valence-corrected chi connectivity index (χ4v) is 3.50. The van der Waals surface area contributed by atoms with Crippen LogP contribution in [0.15, 0.2) is 54.6 Å². The highest BCUT2D eigenvalue weighted by molar-refractivity contribution is 6.30. The zero-order valence-electron chi connectivity index (χ0n) is 16.6. The lowest BCUT2D eigenvalue weighted by molar-refractivity contribution is 0.0526. The minimum absolute atomic E-state index is 0.333. The number of nitriles is 1. The molecule has 0 saturated heterocycles. The van der Waals surface area contributed by atoms with E-state index in [1.54, 1.807) is 25.1 Å². The highest BCUT2D eigenvalue weighted by Crippen LogP contribution is 2.26. The quantitative estimate of drug-likeness (QED) is 0.387. The number of benzene rings is 2. The number of rotatable bonds is 5. The van der Waals surface area contributed by atoms with E-state index < -0.39 is 0 Å². The number of ether oxygens (including phenoxy) is 1. The first-order valence-corrected chi connectivity index (χ1v) is 9.66. The van der Waals surface area contributed by atoms with Crippen LogP contribution < -0.4 is 0 Å². The lowest BCUT2D eigenvalue weighted by atomic mass is 10.0. The van der Waals surface area contributed by atoms with Crippen molar-refractivity contribution < 1.29 is 9.53 Å². The van der Waals surface area contributed by atoms with E-state index in [0.29, 0.717) is 22.8 Å². The van der Waals surface area contributed by atoms with Gasteiger partial charge in [0, 0.05) is 22.1 Å². The van der Waals surface area contributed by atoms with E-state index in [4.69, 9.17) is 16.3 Å². The van der Waals surface area contributed by atoms with E-state index in [-0.39, 0.29) is 5.97 Å². The molecule has 5 heteroatoms. The summed E-state index contributed by atoms with van der Waals surface area (Å²) in [6.45, 7) is 6.10. The summed E-state index contributed by atoms with van der Waals surface area (Å²) in [7, 11) is 0. The molecule has 0 atom stereocenters. The Kier molecular flexibility index (Phi) is 6.21. The van der Waals surface area contributed by atoms with Gasteiger partial charge in [0.05, 0.1) is 23.8 Å². The number of carbonyl (C=O) groups excluding carboxylic acids is 1. The van der Waals surface area contributed by atoms with E-state index in [0.717, 1.165) is 28.2 Å². The number of hydrogen-bond acceptors (Lipinski definition) is 3. The summed E-state index contributed by atoms with van der Waals surface area (Å²) in [5, 5.41) is 10.2. The molecule has 0 N–H and O–H groups in total. The minimum atomic E-state index is -0.343. The highest BCUT2D eigenvalue weighted by atomic mass is 35.5. The summed E-state index contributed by atoms with van der Waals surface area (Å²) in [6.07, 6.45) is 1.86. The SMILES string of the molecule is CCOC(=O)c1cccc(-n2c(C)cc(/C=C(/C#N)c3cccc(Cl)c3)c2C)c1. The van der Waals surface area contributed by atoms with Gasteiger partial charge in [-0.25, -0.2) is 4.79 Å². The monoisotopic (exact) mass is 404 g/mol. The highest BCUT2D eigenvalue weighted by Gasteiger charge is 2.13. The molecule has 0 unspecified atom stereocenters. The van der Waals surface area contributed by atoms with E-state index in [2.05, 4.69) is 10.6 Å². The lowest BCUT2D eigenvalue weighted by Crippen LogP contribution is -2.06. The molecule has 4 nitrogen and oxygen atoms in total. The van der Waals surface area contributed by atoms with Gasteiger partial charge in [-0.2, -0.15) is 5.26 Å². The van der Waals surface area contributed by atoms with Gasteiger partial charge in [-0.05, 0) is 74.4 Å². The molecule has 0 bridgehead atoms. The number of halogens is 1. The normalized spacial score (nSPS) is 11.2. The van der Waals surface area contributed by atoms with Crippen molar-refractivity contribution in [3.8, 4) is 11.8 Å². The molecule has 0 aliphatic rings. The molecule has 1 aromatic heterocycles. The van der Waals surface area contributed by atoms with Crippen molar-refractivity contribution in [2.75, 3.05) is 6.61 Å². The van der Waals surface area contributed by atoms with Gasteiger partial charge >= 0.3 is 5.97 Å². The third-order valence-corrected chi connectivity index (χ3v) is 4.88. The van der Waals surface area contributed by atoms with E-state index >= 15 is 0 Å². The number of nitrogens with zero attached hydrogens (tertiary/aromatic N) is 2. The van der Waals surface area contributed by atoms with Crippen LogP contribution in [0.25, 0.3) is 17.3 Å². The van der Waals surface area contributed by atoms with Gasteiger partial charge in [0.1, 0.15) is 0 Å². The summed E-state index contributed by atoms with van der Waals surface area (Å²) in [6, 6.07) is 18.9. The molecule has 0 fully saturated rings. The zero-order valence-corrected chi connectivity index (χ0v) is 17.3. The van der Waals surface area contributed by atoms with Crippen LogP contribution in [0, 0.1) is 25.2 Å². The molecule has 0 aliphatic carbocycles. The Labute approximate surface area is 175 Å². The molecule has 3 aromatic rings. The summed E-state index contributed by atoms with van der Waals surface area (Å²) in [5.41, 5.74) is 5.58. The van der Waals surface area contributed by atoms with Crippen molar-refractivity contribution in [2.45, 2.75) is 20.8 Å². The summed E-state index contributed by atoms with van der Waals surface area (Å²) >= 11 is 6.07. The standard InChI is InChI=1S/C24H21ClN2O2/c1-4-29-24(28)19-8-6-10-23(14-19)27-16(2)11-20(17(27)3)12-21(15-26)18-7-5-9-22(25)13-18/h5-14H,4H2,1-3H3/b21-12-. The van der Waals surface area contributed by atoms with E-state index in [1.165, 1.54) is 0 Å². The molecule has 146 valence electrons. The van der Waals surface area contributed by atoms with Gasteiger partial charge in [-0.15, -0.1) is 0 Å². The Balaban J connectivity index is 2.05. The zero-order chi connectivity index (χ0) is 21.0. The van der Waals surface area contributed by atoms with Gasteiger partial charge in [0.2, 0.25) is 0 Å². The Bertz CT molecular complexity index is 1140. The molecular formula is C24H21ClN2O2. The second kappa shape index (κ2) is 8.81. The number of aromatic nitrogens is 1. The third kappa shape index (κ3) is 4.42. The molecule has 1 heterocycles. The topological polar surface area (TPSA) is 55.0 Å². The molecule has 0 aliphatic heterocycles. The molecule has 2 aromatic carbocycles. The fourth-order valence-electron chi connectivity index (χ4n) is 3.31. The summed E-state index contributed by atoms with van der Waals surface area (Å²) in [5.74, 6) is -0.343. The Hall–Kier alpha value is -3.29. The number of allylic oxidation sites excluding steroid dienone is 1. The molecule has 3 rings (SSSR count). The van der Waals surface area contributed by atoms with Gasteiger partial charge in [-0.3, -0.25) is 0 Å². The Morgan fingerprint density at radius 1 is 1.14 bits per heavy atom. The van der Waals surface area contributed by atoms with Crippen LogP contribution in [0.1, 0.15) is 39.8 Å². The van der Waals surface area contributed by atoms with Crippen molar-refractivity contribution in [1.29, 1.82) is 5.26 Å². The van der Waals surface area contributed by atoms with Crippen molar-refractivity contribution in [2.24, 2.45) is 0 Å². The maximum atomic E-state index is 12.1. The largest absolute Gasteiger partial charge is 0.462 e. The maximum absolute atomic E-state index is 12.1. The predicted molar refractivity (Wildman–Crippen MR) is 116 cm³/mol. The van der Waals surface area contributed by atoms with Crippen molar-refractivity contribution in [1.82, 2.24) is 4.57 Å². The Morgan fingerprint density at radius 2 is 1.86 bits per heavy atom. The first-order chi connectivity index (χ1) is 13.9. The first-order valence-electron chi connectivity index (χ1n) is 9.28. The second-order valence-electron chi connectivity index (χ2n) is 6.61. The van der Waals surface area contributed by atoms with Gasteiger partial charge < -0.3 is 9.30 Å². The third-order valence-electron chi connectivity index (χ3n) is 4.64. The average molecular weight is 405 g/mol. The van der Waals surface area contributed by atoms with Crippen molar-refractivity contribution >= 4 is 29.2 Å². The average Bonchev–Trinajstić information content (AvgIpc) is 2.99. The van der Waals surface area contributed by atoms with Crippen LogP contribution in [-0.4, -0.2) is 17.1 Å². The van der Waals surface area contributed by atoms with Crippen LogP contribution in [0.2, 0.25) is 5.02 Å².